The Hall–Kier alpha value is -0.980. The van der Waals surface area contributed by atoms with Crippen LogP contribution in [0.2, 0.25) is 0 Å². The number of hydrogen-bond acceptors (Lipinski definition) is 1. The zero-order chi connectivity index (χ0) is 7.82. The first kappa shape index (κ1) is 9.02. The van der Waals surface area contributed by atoms with Gasteiger partial charge in [-0.15, -0.1) is 0 Å². The summed E-state index contributed by atoms with van der Waals surface area (Å²) in [6.07, 6.45) is 6.63. The topological polar surface area (TPSA) is 12.0 Å². The summed E-state index contributed by atoms with van der Waals surface area (Å²) in [6, 6.07) is 0. The second kappa shape index (κ2) is 6.14. The van der Waals surface area contributed by atoms with Crippen molar-refractivity contribution in [3.8, 4) is 0 Å². The van der Waals surface area contributed by atoms with Crippen molar-refractivity contribution in [1.29, 1.82) is 0 Å². The highest BCUT2D eigenvalue weighted by atomic mass is 14.9. The highest BCUT2D eigenvalue weighted by molar-refractivity contribution is 5.16. The van der Waals surface area contributed by atoms with Gasteiger partial charge in [-0.3, -0.25) is 0 Å². The van der Waals surface area contributed by atoms with Crippen molar-refractivity contribution in [3.63, 3.8) is 0 Å². The first-order valence-corrected chi connectivity index (χ1v) is 3.53. The molecule has 56 valence electrons. The van der Waals surface area contributed by atoms with Gasteiger partial charge in [0.1, 0.15) is 0 Å². The molecule has 0 spiro atoms. The maximum Gasteiger partial charge on any atom is 0.0267 e. The van der Waals surface area contributed by atoms with E-state index in [9.17, 15) is 0 Å². The molecule has 0 aromatic carbocycles. The molecule has 1 heteroatoms. The van der Waals surface area contributed by atoms with Crippen molar-refractivity contribution in [2.24, 2.45) is 0 Å². The van der Waals surface area contributed by atoms with Crippen LogP contribution in [0.25, 0.3) is 0 Å². The molecule has 0 atom stereocenters. The second-order valence-electron chi connectivity index (χ2n) is 2.05. The van der Waals surface area contributed by atoms with Crippen LogP contribution in [0.5, 0.6) is 0 Å². The van der Waals surface area contributed by atoms with Crippen LogP contribution in [0.1, 0.15) is 13.3 Å². The summed E-state index contributed by atoms with van der Waals surface area (Å²) in [5, 5.41) is 3.14. The Balaban J connectivity index is 3.43. The molecule has 1 N–H and O–H groups in total. The van der Waals surface area contributed by atoms with Gasteiger partial charge in [0.2, 0.25) is 0 Å². The van der Waals surface area contributed by atoms with E-state index in [1.54, 1.807) is 6.08 Å². The molecule has 0 aliphatic heterocycles. The largest absolute Gasteiger partial charge is 0.386 e. The van der Waals surface area contributed by atoms with Crippen LogP contribution < -0.4 is 5.32 Å². The summed E-state index contributed by atoms with van der Waals surface area (Å²) >= 11 is 0. The molecule has 0 rings (SSSR count). The van der Waals surface area contributed by atoms with Gasteiger partial charge in [0, 0.05) is 12.2 Å². The van der Waals surface area contributed by atoms with Gasteiger partial charge in [-0.1, -0.05) is 32.2 Å². The van der Waals surface area contributed by atoms with Crippen LogP contribution in [0.3, 0.4) is 0 Å². The third-order valence-corrected chi connectivity index (χ3v) is 1.04. The van der Waals surface area contributed by atoms with Crippen molar-refractivity contribution in [3.05, 3.63) is 37.1 Å². The highest BCUT2D eigenvalue weighted by Gasteiger charge is 1.81. The van der Waals surface area contributed by atoms with E-state index in [1.165, 1.54) is 0 Å². The molecule has 0 saturated carbocycles. The molecule has 1 nitrogen and oxygen atoms in total. The lowest BCUT2D eigenvalue weighted by atomic mass is 10.4. The maximum atomic E-state index is 3.78. The van der Waals surface area contributed by atoms with Gasteiger partial charge in [-0.2, -0.15) is 0 Å². The van der Waals surface area contributed by atoms with E-state index in [2.05, 4.69) is 25.4 Å². The average molecular weight is 137 g/mol. The van der Waals surface area contributed by atoms with Crippen molar-refractivity contribution in [1.82, 2.24) is 5.32 Å². The van der Waals surface area contributed by atoms with Crippen LogP contribution in [0.15, 0.2) is 37.1 Å². The monoisotopic (exact) mass is 137 g/mol. The lowest BCUT2D eigenvalue weighted by molar-refractivity contribution is 0.787. The minimum Gasteiger partial charge on any atom is -0.386 e. The molecule has 0 amide bonds. The van der Waals surface area contributed by atoms with Crippen molar-refractivity contribution in [2.75, 3.05) is 6.54 Å². The highest BCUT2D eigenvalue weighted by Crippen LogP contribution is 1.87. The van der Waals surface area contributed by atoms with E-state index in [-0.39, 0.29) is 0 Å². The van der Waals surface area contributed by atoms with E-state index in [1.807, 2.05) is 12.2 Å². The fourth-order valence-corrected chi connectivity index (χ4v) is 0.529. The molecule has 0 aromatic rings. The quantitative estimate of drug-likeness (QED) is 0.573. The molecule has 0 saturated heterocycles. The predicted octanol–water partition coefficient (Wildman–Crippen LogP) is 2.24. The van der Waals surface area contributed by atoms with Crippen LogP contribution in [0.4, 0.5) is 0 Å². The first-order chi connectivity index (χ1) is 4.81. The summed E-state index contributed by atoms with van der Waals surface area (Å²) in [5.41, 5.74) is 0.946. The van der Waals surface area contributed by atoms with Crippen molar-refractivity contribution < 1.29 is 0 Å². The second-order valence-corrected chi connectivity index (χ2v) is 2.05. The summed E-state index contributed by atoms with van der Waals surface area (Å²) in [6.45, 7) is 10.5. The molecule has 0 fully saturated rings. The Bertz CT molecular complexity index is 134. The fraction of sp³-hybridized carbons (Fsp3) is 0.333. The molecular weight excluding hydrogens is 122 g/mol. The third kappa shape index (κ3) is 5.16. The molecule has 0 aliphatic carbocycles. The Morgan fingerprint density at radius 2 is 2.30 bits per heavy atom. The molecule has 0 aliphatic rings. The Kier molecular flexibility index (Phi) is 5.54. The third-order valence-electron chi connectivity index (χ3n) is 1.04. The Labute approximate surface area is 63.1 Å². The van der Waals surface area contributed by atoms with Gasteiger partial charge in [-0.25, -0.2) is 0 Å². The summed E-state index contributed by atoms with van der Waals surface area (Å²) < 4.78 is 0. The van der Waals surface area contributed by atoms with Gasteiger partial charge in [0.05, 0.1) is 0 Å². The molecule has 0 radical (unpaired) electrons. The first-order valence-electron chi connectivity index (χ1n) is 3.53. The van der Waals surface area contributed by atoms with Crippen LogP contribution in [-0.2, 0) is 0 Å². The lowest BCUT2D eigenvalue weighted by Gasteiger charge is -2.01. The maximum absolute atomic E-state index is 3.78. The molecule has 0 unspecified atom stereocenters. The Morgan fingerprint density at radius 1 is 1.60 bits per heavy atom. The molecular formula is C9H15N. The normalized spacial score (nSPS) is 9.70. The number of hydrogen-bond donors (Lipinski definition) is 1. The number of allylic oxidation sites excluding steroid dienone is 3. The van der Waals surface area contributed by atoms with Gasteiger partial charge in [-0.05, 0) is 12.5 Å². The molecule has 0 aromatic heterocycles. The summed E-state index contributed by atoms with van der Waals surface area (Å²) in [5.74, 6) is 0. The van der Waals surface area contributed by atoms with Crippen molar-refractivity contribution in [2.45, 2.75) is 13.3 Å². The van der Waals surface area contributed by atoms with E-state index in [0.717, 1.165) is 18.7 Å². The van der Waals surface area contributed by atoms with E-state index >= 15 is 0 Å². The van der Waals surface area contributed by atoms with Crippen LogP contribution >= 0.6 is 0 Å². The molecule has 0 heterocycles. The number of rotatable bonds is 5. The zero-order valence-corrected chi connectivity index (χ0v) is 6.56. The summed E-state index contributed by atoms with van der Waals surface area (Å²) in [7, 11) is 0. The van der Waals surface area contributed by atoms with E-state index in [0.29, 0.717) is 0 Å². The van der Waals surface area contributed by atoms with Crippen molar-refractivity contribution >= 4 is 0 Å². The van der Waals surface area contributed by atoms with Gasteiger partial charge >= 0.3 is 0 Å². The lowest BCUT2D eigenvalue weighted by Crippen LogP contribution is -2.10. The molecule has 0 bridgehead atoms. The van der Waals surface area contributed by atoms with Gasteiger partial charge in [0.25, 0.3) is 0 Å². The van der Waals surface area contributed by atoms with Crippen LogP contribution in [-0.4, -0.2) is 6.54 Å². The smallest absolute Gasteiger partial charge is 0.0267 e. The molecule has 10 heavy (non-hydrogen) atoms. The summed E-state index contributed by atoms with van der Waals surface area (Å²) in [4.78, 5) is 0. The van der Waals surface area contributed by atoms with Gasteiger partial charge < -0.3 is 5.32 Å². The minimum absolute atomic E-state index is 0.946. The predicted molar refractivity (Wildman–Crippen MR) is 46.8 cm³/mol. The minimum atomic E-state index is 0.946. The fourth-order valence-electron chi connectivity index (χ4n) is 0.529. The van der Waals surface area contributed by atoms with E-state index in [4.69, 9.17) is 0 Å². The van der Waals surface area contributed by atoms with E-state index < -0.39 is 0 Å². The average Bonchev–Trinajstić information content (AvgIpc) is 1.97. The number of nitrogens with one attached hydrogen (secondary N) is 1. The van der Waals surface area contributed by atoms with Gasteiger partial charge in [0.15, 0.2) is 0 Å². The standard InChI is InChI=1S/C9H15N/c1-4-6-7-9(3)10-8-5-2/h4,6-7,10H,1,3,5,8H2,2H3/b7-6-. The van der Waals surface area contributed by atoms with Crippen LogP contribution in [0, 0.1) is 0 Å². The Morgan fingerprint density at radius 3 is 2.80 bits per heavy atom. The zero-order valence-electron chi connectivity index (χ0n) is 6.56. The SMILES string of the molecule is C=C/C=C\C(=C)NCCC.